The average molecular weight is 238 g/mol. The van der Waals surface area contributed by atoms with Gasteiger partial charge in [0.05, 0.1) is 0 Å². The van der Waals surface area contributed by atoms with Gasteiger partial charge in [0.2, 0.25) is 5.91 Å². The summed E-state index contributed by atoms with van der Waals surface area (Å²) in [5.74, 6) is -0.280. The molecule has 94 valence electrons. The van der Waals surface area contributed by atoms with Crippen molar-refractivity contribution in [2.75, 3.05) is 25.0 Å². The Kier molecular flexibility index (Phi) is 5.63. The molecule has 1 rings (SSSR count). The van der Waals surface area contributed by atoms with Crippen molar-refractivity contribution in [1.82, 2.24) is 5.32 Å². The molecule has 0 bridgehead atoms. The maximum Gasteiger partial charge on any atom is 0.227 e. The Balaban J connectivity index is 2.67. The Morgan fingerprint density at radius 3 is 2.82 bits per heavy atom. The van der Waals surface area contributed by atoms with Crippen molar-refractivity contribution < 1.29 is 9.18 Å². The van der Waals surface area contributed by atoms with E-state index in [9.17, 15) is 9.18 Å². The lowest BCUT2D eigenvalue weighted by Gasteiger charge is -2.21. The second-order valence-corrected chi connectivity index (χ2v) is 3.82. The van der Waals surface area contributed by atoms with Gasteiger partial charge in [-0.3, -0.25) is 4.79 Å². The first-order chi connectivity index (χ1) is 8.19. The predicted octanol–water partition coefficient (Wildman–Crippen LogP) is 2.18. The lowest BCUT2D eigenvalue weighted by atomic mass is 10.2. The Morgan fingerprint density at radius 1 is 1.47 bits per heavy atom. The summed E-state index contributed by atoms with van der Waals surface area (Å²) < 4.78 is 13.1. The van der Waals surface area contributed by atoms with E-state index in [1.807, 2.05) is 14.0 Å². The van der Waals surface area contributed by atoms with Crippen molar-refractivity contribution in [2.24, 2.45) is 0 Å². The summed E-state index contributed by atoms with van der Waals surface area (Å²) in [6.45, 7) is 3.26. The highest BCUT2D eigenvalue weighted by atomic mass is 19.1. The van der Waals surface area contributed by atoms with E-state index >= 15 is 0 Å². The van der Waals surface area contributed by atoms with Crippen LogP contribution in [0.1, 0.15) is 19.8 Å². The van der Waals surface area contributed by atoms with E-state index in [0.29, 0.717) is 18.7 Å². The fourth-order valence-electron chi connectivity index (χ4n) is 1.70. The third-order valence-corrected chi connectivity index (χ3v) is 2.55. The molecule has 0 aliphatic carbocycles. The number of nitrogens with one attached hydrogen (secondary N) is 1. The summed E-state index contributed by atoms with van der Waals surface area (Å²) in [5, 5.41) is 3.00. The molecule has 0 aliphatic heterocycles. The quantitative estimate of drug-likeness (QED) is 0.770. The second kappa shape index (κ2) is 7.01. The largest absolute Gasteiger partial charge is 0.320 e. The van der Waals surface area contributed by atoms with Gasteiger partial charge in [-0.1, -0.05) is 6.07 Å². The van der Waals surface area contributed by atoms with Crippen LogP contribution in [-0.2, 0) is 4.79 Å². The van der Waals surface area contributed by atoms with Crippen molar-refractivity contribution in [3.05, 3.63) is 30.1 Å². The van der Waals surface area contributed by atoms with Crippen molar-refractivity contribution in [3.8, 4) is 0 Å². The second-order valence-electron chi connectivity index (χ2n) is 3.82. The molecule has 0 aliphatic rings. The van der Waals surface area contributed by atoms with Crippen LogP contribution in [-0.4, -0.2) is 26.0 Å². The van der Waals surface area contributed by atoms with Crippen LogP contribution < -0.4 is 10.2 Å². The molecule has 3 nitrogen and oxygen atoms in total. The molecule has 0 atom stereocenters. The van der Waals surface area contributed by atoms with Crippen molar-refractivity contribution in [3.63, 3.8) is 0 Å². The highest BCUT2D eigenvalue weighted by Gasteiger charge is 2.13. The SMILES string of the molecule is CCN(C(=O)CCCNC)c1cccc(F)c1. The molecule has 0 saturated carbocycles. The fraction of sp³-hybridized carbons (Fsp3) is 0.462. The summed E-state index contributed by atoms with van der Waals surface area (Å²) >= 11 is 0. The van der Waals surface area contributed by atoms with Gasteiger partial charge in [-0.2, -0.15) is 0 Å². The molecular weight excluding hydrogens is 219 g/mol. The number of anilines is 1. The first-order valence-electron chi connectivity index (χ1n) is 5.89. The number of benzene rings is 1. The Bertz CT molecular complexity index is 368. The summed E-state index contributed by atoms with van der Waals surface area (Å²) in [7, 11) is 1.86. The number of hydrogen-bond acceptors (Lipinski definition) is 2. The van der Waals surface area contributed by atoms with Crippen molar-refractivity contribution >= 4 is 11.6 Å². The average Bonchev–Trinajstić information content (AvgIpc) is 2.30. The Morgan fingerprint density at radius 2 is 2.24 bits per heavy atom. The minimum Gasteiger partial charge on any atom is -0.320 e. The van der Waals surface area contributed by atoms with E-state index in [2.05, 4.69) is 5.32 Å². The summed E-state index contributed by atoms with van der Waals surface area (Å²) in [6, 6.07) is 6.14. The van der Waals surface area contributed by atoms with Crippen LogP contribution in [0.2, 0.25) is 0 Å². The lowest BCUT2D eigenvalue weighted by Crippen LogP contribution is -2.31. The Hall–Kier alpha value is -1.42. The monoisotopic (exact) mass is 238 g/mol. The van der Waals surface area contributed by atoms with Gasteiger partial charge in [0.15, 0.2) is 0 Å². The topological polar surface area (TPSA) is 32.3 Å². The number of hydrogen-bond donors (Lipinski definition) is 1. The first-order valence-corrected chi connectivity index (χ1v) is 5.89. The van der Waals surface area contributed by atoms with Gasteiger partial charge in [0, 0.05) is 18.7 Å². The molecule has 4 heteroatoms. The number of amides is 1. The number of nitrogens with zero attached hydrogens (tertiary/aromatic N) is 1. The van der Waals surface area contributed by atoms with Gasteiger partial charge in [-0.15, -0.1) is 0 Å². The van der Waals surface area contributed by atoms with Crippen LogP contribution in [0.3, 0.4) is 0 Å². The molecule has 0 radical (unpaired) electrons. The lowest BCUT2D eigenvalue weighted by molar-refractivity contribution is -0.118. The zero-order valence-electron chi connectivity index (χ0n) is 10.4. The molecule has 0 heterocycles. The summed E-state index contributed by atoms with van der Waals surface area (Å²) in [5.41, 5.74) is 0.627. The number of carbonyl (C=O) groups excluding carboxylic acids is 1. The predicted molar refractivity (Wildman–Crippen MR) is 67.6 cm³/mol. The number of halogens is 1. The van der Waals surface area contributed by atoms with Crippen molar-refractivity contribution in [2.45, 2.75) is 19.8 Å². The number of rotatable bonds is 6. The van der Waals surface area contributed by atoms with E-state index in [-0.39, 0.29) is 11.7 Å². The van der Waals surface area contributed by atoms with E-state index in [1.54, 1.807) is 17.0 Å². The molecule has 0 unspecified atom stereocenters. The van der Waals surface area contributed by atoms with Gasteiger partial charge in [-0.05, 0) is 45.1 Å². The molecule has 1 amide bonds. The van der Waals surface area contributed by atoms with Crippen LogP contribution in [0.25, 0.3) is 0 Å². The smallest absolute Gasteiger partial charge is 0.227 e. The van der Waals surface area contributed by atoms with Gasteiger partial charge in [-0.25, -0.2) is 4.39 Å². The van der Waals surface area contributed by atoms with Crippen LogP contribution in [0.4, 0.5) is 10.1 Å². The van der Waals surface area contributed by atoms with E-state index in [4.69, 9.17) is 0 Å². The molecular formula is C13H19FN2O. The zero-order chi connectivity index (χ0) is 12.7. The third kappa shape index (κ3) is 4.15. The summed E-state index contributed by atoms with van der Waals surface area (Å²) in [6.07, 6.45) is 1.27. The minimum absolute atomic E-state index is 0.0355. The highest BCUT2D eigenvalue weighted by molar-refractivity contribution is 5.93. The molecule has 0 saturated heterocycles. The van der Waals surface area contributed by atoms with Crippen LogP contribution >= 0.6 is 0 Å². The molecule has 17 heavy (non-hydrogen) atoms. The van der Waals surface area contributed by atoms with E-state index in [1.165, 1.54) is 12.1 Å². The number of carbonyl (C=O) groups is 1. The third-order valence-electron chi connectivity index (χ3n) is 2.55. The fourth-order valence-corrected chi connectivity index (χ4v) is 1.70. The molecule has 1 N–H and O–H groups in total. The standard InChI is InChI=1S/C13H19FN2O/c1-3-16(13(17)8-5-9-15-2)12-7-4-6-11(14)10-12/h4,6-7,10,15H,3,5,8-9H2,1-2H3. The van der Waals surface area contributed by atoms with Crippen LogP contribution in [0.5, 0.6) is 0 Å². The zero-order valence-corrected chi connectivity index (χ0v) is 10.4. The molecule has 0 aromatic heterocycles. The molecule has 0 fully saturated rings. The normalized spacial score (nSPS) is 10.3. The maximum absolute atomic E-state index is 13.1. The van der Waals surface area contributed by atoms with Gasteiger partial charge in [0.1, 0.15) is 5.82 Å². The van der Waals surface area contributed by atoms with E-state index < -0.39 is 0 Å². The summed E-state index contributed by atoms with van der Waals surface area (Å²) in [4.78, 5) is 13.5. The molecule has 1 aromatic rings. The van der Waals surface area contributed by atoms with Gasteiger partial charge in [0.25, 0.3) is 0 Å². The first kappa shape index (κ1) is 13.6. The van der Waals surface area contributed by atoms with Gasteiger partial charge < -0.3 is 10.2 Å². The molecule has 0 spiro atoms. The minimum atomic E-state index is -0.316. The van der Waals surface area contributed by atoms with E-state index in [0.717, 1.165) is 13.0 Å². The molecule has 1 aromatic carbocycles. The van der Waals surface area contributed by atoms with Crippen molar-refractivity contribution in [1.29, 1.82) is 0 Å². The van der Waals surface area contributed by atoms with Gasteiger partial charge >= 0.3 is 0 Å². The maximum atomic E-state index is 13.1. The van der Waals surface area contributed by atoms with Crippen LogP contribution in [0.15, 0.2) is 24.3 Å². The van der Waals surface area contributed by atoms with Crippen LogP contribution in [0, 0.1) is 5.82 Å². The Labute approximate surface area is 102 Å². The highest BCUT2D eigenvalue weighted by Crippen LogP contribution is 2.16.